The van der Waals surface area contributed by atoms with Gasteiger partial charge in [-0.05, 0) is 26.9 Å². The molecule has 3 N–H and O–H groups in total. The molecule has 0 atom stereocenters. The molecular weight excluding hydrogens is 258 g/mol. The minimum Gasteiger partial charge on any atom is -0.396 e. The zero-order valence-corrected chi connectivity index (χ0v) is 12.1. The first-order valence-corrected chi connectivity index (χ1v) is 6.87. The number of anilines is 1. The number of hydrogen-bond acceptors (Lipinski definition) is 4. The highest BCUT2D eigenvalue weighted by Crippen LogP contribution is 2.44. The first-order chi connectivity index (χ1) is 9.53. The SMILES string of the molecule is CN(C)CCn1ccc(NC(=O)NCC2(CO)CC2)n1. The number of carbonyl (C=O) groups excluding carboxylic acids is 1. The van der Waals surface area contributed by atoms with Crippen LogP contribution in [0.15, 0.2) is 12.3 Å². The third kappa shape index (κ3) is 4.21. The molecule has 1 saturated carbocycles. The molecule has 1 aliphatic rings. The average Bonchev–Trinajstić information content (AvgIpc) is 3.07. The molecule has 20 heavy (non-hydrogen) atoms. The molecule has 112 valence electrons. The van der Waals surface area contributed by atoms with E-state index in [0.29, 0.717) is 12.4 Å². The normalized spacial score (nSPS) is 16.2. The summed E-state index contributed by atoms with van der Waals surface area (Å²) in [7, 11) is 4.01. The molecule has 1 aliphatic carbocycles. The van der Waals surface area contributed by atoms with Gasteiger partial charge in [0.15, 0.2) is 5.82 Å². The largest absolute Gasteiger partial charge is 0.396 e. The third-order valence-electron chi connectivity index (χ3n) is 3.58. The fourth-order valence-corrected chi connectivity index (χ4v) is 1.85. The van der Waals surface area contributed by atoms with Crippen LogP contribution in [0.25, 0.3) is 0 Å². The van der Waals surface area contributed by atoms with Gasteiger partial charge in [-0.1, -0.05) is 0 Å². The first-order valence-electron chi connectivity index (χ1n) is 6.87. The van der Waals surface area contributed by atoms with Gasteiger partial charge in [0.2, 0.25) is 0 Å². The predicted octanol–water partition coefficient (Wildman–Crippen LogP) is 0.339. The van der Waals surface area contributed by atoms with Crippen LogP contribution in [-0.2, 0) is 6.54 Å². The minimum absolute atomic E-state index is 0.0809. The standard InChI is InChI=1S/C13H23N5O2/c1-17(2)7-8-18-6-3-11(16-18)15-12(20)14-9-13(10-19)4-5-13/h3,6,19H,4-5,7-10H2,1-2H3,(H2,14,15,16,20). The minimum atomic E-state index is -0.275. The Morgan fingerprint density at radius 3 is 2.90 bits per heavy atom. The second kappa shape index (κ2) is 6.23. The van der Waals surface area contributed by atoms with Gasteiger partial charge >= 0.3 is 6.03 Å². The number of aromatic nitrogens is 2. The van der Waals surface area contributed by atoms with Crippen LogP contribution in [0.1, 0.15) is 12.8 Å². The molecule has 2 rings (SSSR count). The Morgan fingerprint density at radius 2 is 2.30 bits per heavy atom. The Morgan fingerprint density at radius 1 is 1.55 bits per heavy atom. The fraction of sp³-hybridized carbons (Fsp3) is 0.692. The Kier molecular flexibility index (Phi) is 4.61. The summed E-state index contributed by atoms with van der Waals surface area (Å²) in [5.74, 6) is 0.537. The van der Waals surface area contributed by atoms with E-state index in [4.69, 9.17) is 0 Å². The van der Waals surface area contributed by atoms with Crippen LogP contribution in [0.4, 0.5) is 10.6 Å². The smallest absolute Gasteiger partial charge is 0.320 e. The number of carbonyl (C=O) groups is 1. The van der Waals surface area contributed by atoms with Gasteiger partial charge in [0.05, 0.1) is 13.2 Å². The van der Waals surface area contributed by atoms with E-state index in [1.54, 1.807) is 10.7 Å². The van der Waals surface area contributed by atoms with Crippen molar-refractivity contribution >= 4 is 11.8 Å². The Bertz CT molecular complexity index is 453. The maximum absolute atomic E-state index is 11.7. The Balaban J connectivity index is 1.73. The van der Waals surface area contributed by atoms with E-state index >= 15 is 0 Å². The Labute approximate surface area is 118 Å². The topological polar surface area (TPSA) is 82.4 Å². The van der Waals surface area contributed by atoms with Crippen molar-refractivity contribution in [2.24, 2.45) is 5.41 Å². The number of aliphatic hydroxyl groups is 1. The maximum atomic E-state index is 11.7. The Hall–Kier alpha value is -1.60. The maximum Gasteiger partial charge on any atom is 0.320 e. The molecule has 0 saturated heterocycles. The lowest BCUT2D eigenvalue weighted by atomic mass is 10.1. The zero-order valence-electron chi connectivity index (χ0n) is 12.1. The lowest BCUT2D eigenvalue weighted by Crippen LogP contribution is -2.35. The summed E-state index contributed by atoms with van der Waals surface area (Å²) in [4.78, 5) is 13.8. The van der Waals surface area contributed by atoms with E-state index in [1.165, 1.54) is 0 Å². The van der Waals surface area contributed by atoms with Crippen LogP contribution in [-0.4, -0.2) is 59.6 Å². The summed E-state index contributed by atoms with van der Waals surface area (Å²) >= 11 is 0. The first kappa shape index (κ1) is 14.8. The highest BCUT2D eigenvalue weighted by molar-refractivity contribution is 5.88. The van der Waals surface area contributed by atoms with E-state index in [1.807, 2.05) is 20.3 Å². The molecule has 0 unspecified atom stereocenters. The molecule has 1 aromatic rings. The highest BCUT2D eigenvalue weighted by Gasteiger charge is 2.42. The van der Waals surface area contributed by atoms with Gasteiger partial charge in [0, 0.05) is 30.8 Å². The van der Waals surface area contributed by atoms with Crippen LogP contribution >= 0.6 is 0 Å². The van der Waals surface area contributed by atoms with Gasteiger partial charge in [0.25, 0.3) is 0 Å². The molecule has 0 bridgehead atoms. The number of urea groups is 1. The van der Waals surface area contributed by atoms with Gasteiger partial charge in [0.1, 0.15) is 0 Å². The number of hydrogen-bond donors (Lipinski definition) is 3. The van der Waals surface area contributed by atoms with E-state index in [-0.39, 0.29) is 18.1 Å². The van der Waals surface area contributed by atoms with E-state index in [0.717, 1.165) is 25.9 Å². The van der Waals surface area contributed by atoms with E-state index < -0.39 is 0 Å². The fourth-order valence-electron chi connectivity index (χ4n) is 1.85. The van der Waals surface area contributed by atoms with E-state index in [2.05, 4.69) is 20.6 Å². The van der Waals surface area contributed by atoms with E-state index in [9.17, 15) is 9.90 Å². The van der Waals surface area contributed by atoms with Crippen molar-refractivity contribution in [3.8, 4) is 0 Å². The van der Waals surface area contributed by atoms with Crippen LogP contribution in [0.5, 0.6) is 0 Å². The number of aliphatic hydroxyl groups excluding tert-OH is 1. The summed E-state index contributed by atoms with van der Waals surface area (Å²) in [6.45, 7) is 2.32. The predicted molar refractivity (Wildman–Crippen MR) is 76.6 cm³/mol. The molecule has 7 nitrogen and oxygen atoms in total. The third-order valence-corrected chi connectivity index (χ3v) is 3.58. The quantitative estimate of drug-likeness (QED) is 0.673. The van der Waals surface area contributed by atoms with Crippen molar-refractivity contribution in [3.63, 3.8) is 0 Å². The summed E-state index contributed by atoms with van der Waals surface area (Å²) in [5.41, 5.74) is -0.0809. The summed E-state index contributed by atoms with van der Waals surface area (Å²) in [6, 6.07) is 1.50. The van der Waals surface area contributed by atoms with Crippen LogP contribution in [0.2, 0.25) is 0 Å². The number of nitrogens with one attached hydrogen (secondary N) is 2. The second-order valence-corrected chi connectivity index (χ2v) is 5.73. The number of rotatable bonds is 7. The molecule has 0 aliphatic heterocycles. The van der Waals surface area contributed by atoms with Crippen molar-refractivity contribution in [1.29, 1.82) is 0 Å². The lowest BCUT2D eigenvalue weighted by Gasteiger charge is -2.12. The number of nitrogens with zero attached hydrogens (tertiary/aromatic N) is 3. The van der Waals surface area contributed by atoms with Crippen molar-refractivity contribution < 1.29 is 9.90 Å². The summed E-state index contributed by atoms with van der Waals surface area (Å²) in [5, 5.41) is 18.9. The van der Waals surface area contributed by atoms with Crippen LogP contribution in [0.3, 0.4) is 0 Å². The summed E-state index contributed by atoms with van der Waals surface area (Å²) in [6.07, 6.45) is 3.79. The molecule has 0 radical (unpaired) electrons. The van der Waals surface area contributed by atoms with Gasteiger partial charge in [-0.3, -0.25) is 10.00 Å². The van der Waals surface area contributed by atoms with Gasteiger partial charge in [-0.2, -0.15) is 5.10 Å². The van der Waals surface area contributed by atoms with Crippen LogP contribution in [0, 0.1) is 5.41 Å². The van der Waals surface area contributed by atoms with Gasteiger partial charge < -0.3 is 15.3 Å². The van der Waals surface area contributed by atoms with Crippen LogP contribution < -0.4 is 10.6 Å². The van der Waals surface area contributed by atoms with Gasteiger partial charge in [-0.25, -0.2) is 4.79 Å². The molecule has 1 fully saturated rings. The monoisotopic (exact) mass is 281 g/mol. The molecule has 1 heterocycles. The average molecular weight is 281 g/mol. The molecule has 2 amide bonds. The highest BCUT2D eigenvalue weighted by atomic mass is 16.3. The molecule has 0 aromatic carbocycles. The molecular formula is C13H23N5O2. The molecule has 0 spiro atoms. The molecule has 7 heteroatoms. The van der Waals surface area contributed by atoms with Crippen molar-refractivity contribution in [2.75, 3.05) is 39.1 Å². The second-order valence-electron chi connectivity index (χ2n) is 5.73. The zero-order chi connectivity index (χ0) is 14.6. The van der Waals surface area contributed by atoms with Crippen molar-refractivity contribution in [2.45, 2.75) is 19.4 Å². The molecule has 1 aromatic heterocycles. The number of amides is 2. The lowest BCUT2D eigenvalue weighted by molar-refractivity contribution is 0.206. The van der Waals surface area contributed by atoms with Crippen molar-refractivity contribution in [1.82, 2.24) is 20.0 Å². The number of likely N-dealkylation sites (N-methyl/N-ethyl adjacent to an activating group) is 1. The summed E-state index contributed by atoms with van der Waals surface area (Å²) < 4.78 is 1.80. The van der Waals surface area contributed by atoms with Gasteiger partial charge in [-0.15, -0.1) is 0 Å². The van der Waals surface area contributed by atoms with Crippen molar-refractivity contribution in [3.05, 3.63) is 12.3 Å².